The summed E-state index contributed by atoms with van der Waals surface area (Å²) in [6.45, 7) is 9.91. The van der Waals surface area contributed by atoms with Gasteiger partial charge in [-0.25, -0.2) is 9.59 Å². The Morgan fingerprint density at radius 1 is 0.800 bits per heavy atom. The number of esters is 2. The monoisotopic (exact) mass is 452 g/mol. The highest BCUT2D eigenvalue weighted by molar-refractivity contribution is 7.17. The van der Waals surface area contributed by atoms with E-state index in [0.29, 0.717) is 21.1 Å². The second kappa shape index (κ2) is 9.86. The van der Waals surface area contributed by atoms with Crippen molar-refractivity contribution < 1.29 is 28.7 Å². The molecule has 8 nitrogen and oxygen atoms in total. The van der Waals surface area contributed by atoms with Crippen LogP contribution in [0.4, 0.5) is 10.0 Å². The Morgan fingerprint density at radius 3 is 1.73 bits per heavy atom. The molecule has 0 bridgehead atoms. The summed E-state index contributed by atoms with van der Waals surface area (Å²) in [7, 11) is 0. The molecule has 2 N–H and O–H groups in total. The fourth-order valence-electron chi connectivity index (χ4n) is 2.65. The average molecular weight is 453 g/mol. The number of rotatable bonds is 7. The lowest BCUT2D eigenvalue weighted by Crippen LogP contribution is -2.22. The second-order valence-corrected chi connectivity index (χ2v) is 8.95. The number of hydrogen-bond acceptors (Lipinski definition) is 8. The summed E-state index contributed by atoms with van der Waals surface area (Å²) in [5.74, 6) is -2.12. The molecule has 0 saturated heterocycles. The van der Waals surface area contributed by atoms with Gasteiger partial charge in [0.2, 0.25) is 5.91 Å². The maximum Gasteiger partial charge on any atom is 0.341 e. The first-order chi connectivity index (χ1) is 14.1. The lowest BCUT2D eigenvalue weighted by molar-refractivity contribution is -0.119. The van der Waals surface area contributed by atoms with E-state index < -0.39 is 24.5 Å². The van der Waals surface area contributed by atoms with E-state index in [-0.39, 0.29) is 18.1 Å². The smallest absolute Gasteiger partial charge is 0.341 e. The molecule has 0 aliphatic rings. The van der Waals surface area contributed by atoms with Gasteiger partial charge in [0, 0.05) is 16.7 Å². The Morgan fingerprint density at radius 2 is 1.27 bits per heavy atom. The van der Waals surface area contributed by atoms with E-state index in [1.807, 2.05) is 13.8 Å². The van der Waals surface area contributed by atoms with E-state index in [1.165, 1.54) is 29.6 Å². The van der Waals surface area contributed by atoms with Gasteiger partial charge in [0.1, 0.15) is 10.0 Å². The summed E-state index contributed by atoms with van der Waals surface area (Å²) in [4.78, 5) is 50.2. The Labute approximate surface area is 182 Å². The SMILES string of the molecule is CCOC(=O)c1c(NC(=O)COC(=O)c2c(NC(C)=O)sc(C)c2C)sc(C)c1C. The molecule has 0 aliphatic carbocycles. The van der Waals surface area contributed by atoms with Crippen LogP contribution in [0.25, 0.3) is 0 Å². The summed E-state index contributed by atoms with van der Waals surface area (Å²) in [5.41, 5.74) is 1.95. The van der Waals surface area contributed by atoms with Crippen LogP contribution >= 0.6 is 22.7 Å². The van der Waals surface area contributed by atoms with E-state index >= 15 is 0 Å². The second-order valence-electron chi connectivity index (χ2n) is 6.50. The molecule has 0 aromatic carbocycles. The molecule has 0 atom stereocenters. The molecular formula is C20H24N2O6S2. The number of carbonyl (C=O) groups is 4. The van der Waals surface area contributed by atoms with Crippen LogP contribution in [-0.4, -0.2) is 37.0 Å². The largest absolute Gasteiger partial charge is 0.462 e. The van der Waals surface area contributed by atoms with Crippen molar-refractivity contribution in [3.8, 4) is 0 Å². The third kappa shape index (κ3) is 5.25. The number of carbonyl (C=O) groups excluding carboxylic acids is 4. The first-order valence-corrected chi connectivity index (χ1v) is 10.8. The minimum atomic E-state index is -0.708. The molecule has 0 fully saturated rings. The number of aryl methyl sites for hydroxylation is 2. The number of anilines is 2. The zero-order valence-corrected chi connectivity index (χ0v) is 19.3. The zero-order chi connectivity index (χ0) is 22.6. The fourth-order valence-corrected chi connectivity index (χ4v) is 4.81. The van der Waals surface area contributed by atoms with Crippen LogP contribution < -0.4 is 10.6 Å². The van der Waals surface area contributed by atoms with Gasteiger partial charge in [0.25, 0.3) is 5.91 Å². The summed E-state index contributed by atoms with van der Waals surface area (Å²) in [6.07, 6.45) is 0. The van der Waals surface area contributed by atoms with Crippen LogP contribution in [0.3, 0.4) is 0 Å². The van der Waals surface area contributed by atoms with E-state index in [4.69, 9.17) is 9.47 Å². The van der Waals surface area contributed by atoms with Crippen molar-refractivity contribution in [1.82, 2.24) is 0 Å². The van der Waals surface area contributed by atoms with Crippen LogP contribution in [-0.2, 0) is 19.1 Å². The standard InChI is InChI=1S/C20H24N2O6S2/c1-7-27-19(25)16-10(3)12(5)30-18(16)22-14(24)8-28-20(26)15-9(2)11(4)29-17(15)21-13(6)23/h7-8H2,1-6H3,(H,21,23)(H,22,24). The van der Waals surface area contributed by atoms with Crippen molar-refractivity contribution in [1.29, 1.82) is 0 Å². The molecule has 2 heterocycles. The van der Waals surface area contributed by atoms with Crippen molar-refractivity contribution in [2.75, 3.05) is 23.8 Å². The predicted octanol–water partition coefficient (Wildman–Crippen LogP) is 3.97. The molecule has 2 aromatic heterocycles. The Kier molecular flexibility index (Phi) is 7.74. The fraction of sp³-hybridized carbons (Fsp3) is 0.400. The van der Waals surface area contributed by atoms with Gasteiger partial charge >= 0.3 is 11.9 Å². The molecule has 0 spiro atoms. The Bertz CT molecular complexity index is 1010. The summed E-state index contributed by atoms with van der Waals surface area (Å²) in [6, 6.07) is 0. The number of thiophene rings is 2. The van der Waals surface area contributed by atoms with Gasteiger partial charge in [-0.15, -0.1) is 22.7 Å². The topological polar surface area (TPSA) is 111 Å². The van der Waals surface area contributed by atoms with E-state index in [2.05, 4.69) is 10.6 Å². The Hall–Kier alpha value is -2.72. The van der Waals surface area contributed by atoms with Crippen LogP contribution in [0.15, 0.2) is 0 Å². The number of nitrogens with one attached hydrogen (secondary N) is 2. The molecular weight excluding hydrogens is 428 g/mol. The average Bonchev–Trinajstić information content (AvgIpc) is 3.08. The molecule has 162 valence electrons. The molecule has 2 amide bonds. The quantitative estimate of drug-likeness (QED) is 0.615. The zero-order valence-electron chi connectivity index (χ0n) is 17.7. The van der Waals surface area contributed by atoms with Crippen molar-refractivity contribution in [2.45, 2.75) is 41.5 Å². The third-order valence-corrected chi connectivity index (χ3v) is 6.58. The lowest BCUT2D eigenvalue weighted by Gasteiger charge is -2.09. The van der Waals surface area contributed by atoms with Gasteiger partial charge in [-0.2, -0.15) is 0 Å². The third-order valence-electron chi connectivity index (χ3n) is 4.33. The van der Waals surface area contributed by atoms with Gasteiger partial charge in [-0.1, -0.05) is 0 Å². The van der Waals surface area contributed by atoms with Gasteiger partial charge in [-0.05, 0) is 45.7 Å². The first-order valence-electron chi connectivity index (χ1n) is 9.18. The number of ether oxygens (including phenoxy) is 2. The molecule has 10 heteroatoms. The molecule has 0 saturated carbocycles. The molecule has 0 radical (unpaired) electrons. The van der Waals surface area contributed by atoms with E-state index in [1.54, 1.807) is 20.8 Å². The van der Waals surface area contributed by atoms with Crippen molar-refractivity contribution in [2.24, 2.45) is 0 Å². The first kappa shape index (κ1) is 23.6. The van der Waals surface area contributed by atoms with E-state index in [0.717, 1.165) is 15.3 Å². The number of hydrogen-bond donors (Lipinski definition) is 2. The lowest BCUT2D eigenvalue weighted by atomic mass is 10.1. The van der Waals surface area contributed by atoms with Crippen molar-refractivity contribution in [3.63, 3.8) is 0 Å². The van der Waals surface area contributed by atoms with Crippen LogP contribution in [0.2, 0.25) is 0 Å². The van der Waals surface area contributed by atoms with Gasteiger partial charge in [0.15, 0.2) is 6.61 Å². The van der Waals surface area contributed by atoms with Crippen molar-refractivity contribution in [3.05, 3.63) is 32.0 Å². The maximum atomic E-state index is 12.5. The summed E-state index contributed by atoms with van der Waals surface area (Å²) in [5, 5.41) is 5.97. The molecule has 2 rings (SSSR count). The minimum absolute atomic E-state index is 0.216. The molecule has 30 heavy (non-hydrogen) atoms. The highest BCUT2D eigenvalue weighted by Crippen LogP contribution is 2.34. The highest BCUT2D eigenvalue weighted by Gasteiger charge is 2.24. The molecule has 0 aliphatic heterocycles. The maximum absolute atomic E-state index is 12.5. The predicted molar refractivity (Wildman–Crippen MR) is 117 cm³/mol. The Balaban J connectivity index is 2.11. The summed E-state index contributed by atoms with van der Waals surface area (Å²) >= 11 is 2.52. The van der Waals surface area contributed by atoms with Gasteiger partial charge in [0.05, 0.1) is 17.7 Å². The summed E-state index contributed by atoms with van der Waals surface area (Å²) < 4.78 is 10.2. The number of amides is 2. The minimum Gasteiger partial charge on any atom is -0.462 e. The van der Waals surface area contributed by atoms with Crippen LogP contribution in [0, 0.1) is 27.7 Å². The van der Waals surface area contributed by atoms with Gasteiger partial charge in [-0.3, -0.25) is 9.59 Å². The van der Waals surface area contributed by atoms with E-state index in [9.17, 15) is 19.2 Å². The van der Waals surface area contributed by atoms with Gasteiger partial charge < -0.3 is 20.1 Å². The molecule has 0 unspecified atom stereocenters. The van der Waals surface area contributed by atoms with Crippen LogP contribution in [0.1, 0.15) is 55.4 Å². The highest BCUT2D eigenvalue weighted by atomic mass is 32.1. The molecule has 2 aromatic rings. The van der Waals surface area contributed by atoms with Crippen LogP contribution in [0.5, 0.6) is 0 Å². The normalized spacial score (nSPS) is 10.5. The van der Waals surface area contributed by atoms with Crippen molar-refractivity contribution >= 4 is 56.4 Å².